The van der Waals surface area contributed by atoms with Crippen molar-refractivity contribution in [1.82, 2.24) is 4.98 Å². The molecule has 0 amide bonds. The minimum Gasteiger partial charge on any atom is -0.394 e. The van der Waals surface area contributed by atoms with Crippen LogP contribution in [0.2, 0.25) is 0 Å². The van der Waals surface area contributed by atoms with E-state index in [1.807, 2.05) is 12.1 Å². The van der Waals surface area contributed by atoms with Crippen molar-refractivity contribution in [3.63, 3.8) is 0 Å². The lowest BCUT2D eigenvalue weighted by molar-refractivity contribution is 0.266. The SMILES string of the molecule is OCC1(Nc2ncccc2Br)CC1. The molecule has 13 heavy (non-hydrogen) atoms. The maximum atomic E-state index is 9.10. The van der Waals surface area contributed by atoms with Crippen LogP contribution in [0, 0.1) is 0 Å². The summed E-state index contributed by atoms with van der Waals surface area (Å²) in [5.74, 6) is 0.814. The van der Waals surface area contributed by atoms with Gasteiger partial charge in [-0.05, 0) is 40.9 Å². The molecule has 1 heterocycles. The van der Waals surface area contributed by atoms with Crippen molar-refractivity contribution in [2.24, 2.45) is 0 Å². The third kappa shape index (κ3) is 1.84. The molecule has 1 saturated carbocycles. The molecule has 1 aromatic heterocycles. The zero-order chi connectivity index (χ0) is 9.31. The van der Waals surface area contributed by atoms with Crippen LogP contribution in [0.1, 0.15) is 12.8 Å². The van der Waals surface area contributed by atoms with E-state index in [1.165, 1.54) is 0 Å². The first-order valence-corrected chi connectivity index (χ1v) is 5.05. The van der Waals surface area contributed by atoms with Crippen LogP contribution in [-0.4, -0.2) is 22.2 Å². The van der Waals surface area contributed by atoms with E-state index >= 15 is 0 Å². The second-order valence-corrected chi connectivity index (χ2v) is 4.25. The molecule has 1 aromatic rings. The van der Waals surface area contributed by atoms with Crippen LogP contribution in [-0.2, 0) is 0 Å². The number of aromatic nitrogens is 1. The van der Waals surface area contributed by atoms with Gasteiger partial charge in [0.05, 0.1) is 16.6 Å². The molecular weight excluding hydrogens is 232 g/mol. The smallest absolute Gasteiger partial charge is 0.140 e. The highest BCUT2D eigenvalue weighted by atomic mass is 79.9. The van der Waals surface area contributed by atoms with E-state index in [9.17, 15) is 0 Å². The highest BCUT2D eigenvalue weighted by Crippen LogP contribution is 2.39. The molecule has 2 N–H and O–H groups in total. The van der Waals surface area contributed by atoms with E-state index < -0.39 is 0 Å². The first-order valence-electron chi connectivity index (χ1n) is 4.25. The lowest BCUT2D eigenvalue weighted by Crippen LogP contribution is -2.26. The Bertz CT molecular complexity index is 312. The predicted octanol–water partition coefficient (Wildman–Crippen LogP) is 1.78. The van der Waals surface area contributed by atoms with Gasteiger partial charge in [0.15, 0.2) is 0 Å². The number of halogens is 1. The molecule has 70 valence electrons. The van der Waals surface area contributed by atoms with E-state index in [-0.39, 0.29) is 12.1 Å². The van der Waals surface area contributed by atoms with Crippen LogP contribution >= 0.6 is 15.9 Å². The molecule has 1 aliphatic rings. The number of aliphatic hydroxyl groups excluding tert-OH is 1. The molecule has 1 aliphatic carbocycles. The molecule has 2 rings (SSSR count). The average molecular weight is 243 g/mol. The summed E-state index contributed by atoms with van der Waals surface area (Å²) in [6.07, 6.45) is 3.78. The molecule has 0 atom stereocenters. The summed E-state index contributed by atoms with van der Waals surface area (Å²) in [4.78, 5) is 4.18. The van der Waals surface area contributed by atoms with E-state index in [0.717, 1.165) is 23.1 Å². The largest absolute Gasteiger partial charge is 0.394 e. The number of nitrogens with zero attached hydrogens (tertiary/aromatic N) is 1. The molecule has 0 saturated heterocycles. The van der Waals surface area contributed by atoms with Crippen LogP contribution in [0.5, 0.6) is 0 Å². The Morgan fingerprint density at radius 3 is 2.92 bits per heavy atom. The molecule has 0 aromatic carbocycles. The van der Waals surface area contributed by atoms with Crippen molar-refractivity contribution in [3.05, 3.63) is 22.8 Å². The van der Waals surface area contributed by atoms with E-state index in [1.54, 1.807) is 6.20 Å². The zero-order valence-electron chi connectivity index (χ0n) is 7.13. The molecule has 4 heteroatoms. The highest BCUT2D eigenvalue weighted by Gasteiger charge is 2.42. The van der Waals surface area contributed by atoms with Gasteiger partial charge in [-0.25, -0.2) is 4.98 Å². The lowest BCUT2D eigenvalue weighted by atomic mass is 10.3. The molecular formula is C9H11BrN2O. The Morgan fingerprint density at radius 1 is 1.62 bits per heavy atom. The fourth-order valence-electron chi connectivity index (χ4n) is 1.20. The number of anilines is 1. The number of pyridine rings is 1. The summed E-state index contributed by atoms with van der Waals surface area (Å²) in [5, 5.41) is 12.3. The Hall–Kier alpha value is -0.610. The number of hydrogen-bond donors (Lipinski definition) is 2. The third-order valence-electron chi connectivity index (χ3n) is 2.30. The minimum atomic E-state index is -0.100. The Labute approximate surface area is 85.3 Å². The topological polar surface area (TPSA) is 45.1 Å². The first-order chi connectivity index (χ1) is 6.26. The van der Waals surface area contributed by atoms with Gasteiger partial charge in [0.2, 0.25) is 0 Å². The van der Waals surface area contributed by atoms with Crippen molar-refractivity contribution in [2.45, 2.75) is 18.4 Å². The van der Waals surface area contributed by atoms with Gasteiger partial charge in [0.25, 0.3) is 0 Å². The maximum Gasteiger partial charge on any atom is 0.140 e. The Morgan fingerprint density at radius 2 is 2.38 bits per heavy atom. The number of nitrogens with one attached hydrogen (secondary N) is 1. The summed E-state index contributed by atoms with van der Waals surface area (Å²) in [7, 11) is 0. The van der Waals surface area contributed by atoms with Crippen LogP contribution in [0.4, 0.5) is 5.82 Å². The lowest BCUT2D eigenvalue weighted by Gasteiger charge is -2.15. The molecule has 1 fully saturated rings. The first kappa shape index (κ1) is 8.97. The molecule has 0 radical (unpaired) electrons. The van der Waals surface area contributed by atoms with Gasteiger partial charge in [-0.3, -0.25) is 0 Å². The fourth-order valence-corrected chi connectivity index (χ4v) is 1.56. The summed E-state index contributed by atoms with van der Waals surface area (Å²) in [6.45, 7) is 0.177. The van der Waals surface area contributed by atoms with Crippen molar-refractivity contribution in [2.75, 3.05) is 11.9 Å². The van der Waals surface area contributed by atoms with Crippen LogP contribution < -0.4 is 5.32 Å². The van der Waals surface area contributed by atoms with Gasteiger partial charge in [-0.2, -0.15) is 0 Å². The molecule has 0 spiro atoms. The predicted molar refractivity (Wildman–Crippen MR) is 54.6 cm³/mol. The van der Waals surface area contributed by atoms with Crippen LogP contribution in [0.25, 0.3) is 0 Å². The molecule has 0 unspecified atom stereocenters. The van der Waals surface area contributed by atoms with Gasteiger partial charge in [0.1, 0.15) is 5.82 Å². The fraction of sp³-hybridized carbons (Fsp3) is 0.444. The van der Waals surface area contributed by atoms with Crippen molar-refractivity contribution >= 4 is 21.7 Å². The van der Waals surface area contributed by atoms with Crippen molar-refractivity contribution in [1.29, 1.82) is 0 Å². The Balaban J connectivity index is 2.14. The number of hydrogen-bond acceptors (Lipinski definition) is 3. The maximum absolute atomic E-state index is 9.10. The third-order valence-corrected chi connectivity index (χ3v) is 2.94. The molecule has 0 bridgehead atoms. The minimum absolute atomic E-state index is 0.100. The Kier molecular flexibility index (Phi) is 2.26. The summed E-state index contributed by atoms with van der Waals surface area (Å²) in [6, 6.07) is 3.80. The van der Waals surface area contributed by atoms with Gasteiger partial charge < -0.3 is 10.4 Å². The summed E-state index contributed by atoms with van der Waals surface area (Å²) in [5.41, 5.74) is -0.100. The monoisotopic (exact) mass is 242 g/mol. The standard InChI is InChI=1S/C9H11BrN2O/c10-7-2-1-5-11-8(7)12-9(6-13)3-4-9/h1-2,5,13H,3-4,6H2,(H,11,12). The molecule has 0 aliphatic heterocycles. The quantitative estimate of drug-likeness (QED) is 0.850. The van der Waals surface area contributed by atoms with Gasteiger partial charge in [-0.15, -0.1) is 0 Å². The zero-order valence-corrected chi connectivity index (χ0v) is 8.71. The second kappa shape index (κ2) is 3.27. The van der Waals surface area contributed by atoms with Crippen molar-refractivity contribution in [3.8, 4) is 0 Å². The van der Waals surface area contributed by atoms with E-state index in [4.69, 9.17) is 5.11 Å². The average Bonchev–Trinajstić information content (AvgIpc) is 2.90. The van der Waals surface area contributed by atoms with E-state index in [2.05, 4.69) is 26.2 Å². The van der Waals surface area contributed by atoms with Crippen LogP contribution in [0.3, 0.4) is 0 Å². The van der Waals surface area contributed by atoms with Crippen LogP contribution in [0.15, 0.2) is 22.8 Å². The summed E-state index contributed by atoms with van der Waals surface area (Å²) < 4.78 is 0.940. The normalized spacial score (nSPS) is 18.3. The van der Waals surface area contributed by atoms with Gasteiger partial charge in [-0.1, -0.05) is 0 Å². The highest BCUT2D eigenvalue weighted by molar-refractivity contribution is 9.10. The summed E-state index contributed by atoms with van der Waals surface area (Å²) >= 11 is 3.40. The second-order valence-electron chi connectivity index (χ2n) is 3.40. The van der Waals surface area contributed by atoms with Gasteiger partial charge in [0, 0.05) is 6.20 Å². The van der Waals surface area contributed by atoms with E-state index in [0.29, 0.717) is 0 Å². The van der Waals surface area contributed by atoms with Gasteiger partial charge >= 0.3 is 0 Å². The number of aliphatic hydroxyl groups is 1. The molecule has 3 nitrogen and oxygen atoms in total. The van der Waals surface area contributed by atoms with Crippen molar-refractivity contribution < 1.29 is 5.11 Å². The number of rotatable bonds is 3.